The number of alkyl halides is 3. The van der Waals surface area contributed by atoms with Gasteiger partial charge in [-0.15, -0.1) is 0 Å². The summed E-state index contributed by atoms with van der Waals surface area (Å²) in [5.74, 6) is 0.0747. The van der Waals surface area contributed by atoms with Crippen LogP contribution in [-0.4, -0.2) is 15.6 Å². The molecule has 0 aromatic carbocycles. The Labute approximate surface area is 96.1 Å². The van der Waals surface area contributed by atoms with Crippen LogP contribution in [0.1, 0.15) is 25.0 Å². The van der Waals surface area contributed by atoms with Crippen molar-refractivity contribution in [1.82, 2.24) is 9.78 Å². The normalized spacial score (nSPS) is 18.1. The average Bonchev–Trinajstić information content (AvgIpc) is 2.73. The van der Waals surface area contributed by atoms with E-state index in [0.717, 1.165) is 18.9 Å². The molecule has 0 spiro atoms. The Hall–Kier alpha value is -1.53. The largest absolute Gasteiger partial charge is 0.435 e. The first-order valence-corrected chi connectivity index (χ1v) is 5.24. The van der Waals surface area contributed by atoms with Gasteiger partial charge in [0.25, 0.3) is 0 Å². The van der Waals surface area contributed by atoms with Crippen molar-refractivity contribution in [3.05, 3.63) is 18.0 Å². The predicted octanol–water partition coefficient (Wildman–Crippen LogP) is 2.01. The number of hydrogen-bond acceptors (Lipinski definition) is 2. The van der Waals surface area contributed by atoms with Gasteiger partial charge in [0.15, 0.2) is 5.69 Å². The van der Waals surface area contributed by atoms with E-state index >= 15 is 0 Å². The van der Waals surface area contributed by atoms with E-state index in [1.165, 1.54) is 10.9 Å². The van der Waals surface area contributed by atoms with Crippen LogP contribution in [0.25, 0.3) is 0 Å². The van der Waals surface area contributed by atoms with Gasteiger partial charge >= 0.3 is 6.18 Å². The van der Waals surface area contributed by atoms with Crippen molar-refractivity contribution in [2.45, 2.75) is 32.0 Å². The van der Waals surface area contributed by atoms with E-state index in [9.17, 15) is 13.2 Å². The SMILES string of the molecule is N=C(N)CC1(Cn2ccc(C(F)(F)F)n2)CC1. The molecule has 3 N–H and O–H groups in total. The van der Waals surface area contributed by atoms with Crippen LogP contribution in [0.3, 0.4) is 0 Å². The molecule has 1 fully saturated rings. The fourth-order valence-electron chi connectivity index (χ4n) is 1.92. The smallest absolute Gasteiger partial charge is 0.388 e. The predicted molar refractivity (Wildman–Crippen MR) is 55.4 cm³/mol. The third kappa shape index (κ3) is 2.78. The molecule has 0 radical (unpaired) electrons. The van der Waals surface area contributed by atoms with Gasteiger partial charge in [-0.2, -0.15) is 18.3 Å². The van der Waals surface area contributed by atoms with Crippen LogP contribution >= 0.6 is 0 Å². The molecule has 0 aliphatic heterocycles. The van der Waals surface area contributed by atoms with Gasteiger partial charge in [-0.3, -0.25) is 10.1 Å². The molecular formula is C10H13F3N4. The number of nitrogens with zero attached hydrogens (tertiary/aromatic N) is 2. The van der Waals surface area contributed by atoms with Crippen molar-refractivity contribution in [3.8, 4) is 0 Å². The first-order chi connectivity index (χ1) is 7.81. The summed E-state index contributed by atoms with van der Waals surface area (Å²) in [5.41, 5.74) is 4.29. The van der Waals surface area contributed by atoms with E-state index in [1.54, 1.807) is 0 Å². The highest BCUT2D eigenvalue weighted by Crippen LogP contribution is 2.50. The number of halogens is 3. The summed E-state index contributed by atoms with van der Waals surface area (Å²) in [7, 11) is 0. The lowest BCUT2D eigenvalue weighted by atomic mass is 10.0. The molecule has 1 aromatic rings. The summed E-state index contributed by atoms with van der Waals surface area (Å²) in [6, 6.07) is 0.962. The first kappa shape index (κ1) is 11.9. The van der Waals surface area contributed by atoms with E-state index in [2.05, 4.69) is 5.10 Å². The lowest BCUT2D eigenvalue weighted by Gasteiger charge is -2.13. The number of amidine groups is 1. The molecule has 1 heterocycles. The highest BCUT2D eigenvalue weighted by Gasteiger charge is 2.44. The molecule has 0 bridgehead atoms. The topological polar surface area (TPSA) is 67.7 Å². The maximum atomic E-state index is 12.3. The number of nitrogens with one attached hydrogen (secondary N) is 1. The Bertz CT molecular complexity index is 431. The Morgan fingerprint density at radius 1 is 1.53 bits per heavy atom. The Balaban J connectivity index is 2.05. The van der Waals surface area contributed by atoms with Crippen LogP contribution in [0.15, 0.2) is 12.3 Å². The summed E-state index contributed by atoms with van der Waals surface area (Å²) in [6.07, 6.45) is -0.888. The van der Waals surface area contributed by atoms with Gasteiger partial charge in [0, 0.05) is 19.2 Å². The second-order valence-corrected chi connectivity index (χ2v) is 4.60. The van der Waals surface area contributed by atoms with Crippen LogP contribution in [0, 0.1) is 10.8 Å². The molecule has 0 unspecified atom stereocenters. The van der Waals surface area contributed by atoms with Crippen molar-refractivity contribution in [2.75, 3.05) is 0 Å². The summed E-state index contributed by atoms with van der Waals surface area (Å²) < 4.78 is 38.3. The molecule has 0 atom stereocenters. The van der Waals surface area contributed by atoms with E-state index in [4.69, 9.17) is 11.1 Å². The van der Waals surface area contributed by atoms with E-state index in [0.29, 0.717) is 13.0 Å². The van der Waals surface area contributed by atoms with E-state index < -0.39 is 11.9 Å². The lowest BCUT2D eigenvalue weighted by molar-refractivity contribution is -0.141. The van der Waals surface area contributed by atoms with Crippen LogP contribution in [-0.2, 0) is 12.7 Å². The number of rotatable bonds is 4. The quantitative estimate of drug-likeness (QED) is 0.630. The zero-order valence-electron chi connectivity index (χ0n) is 9.09. The minimum absolute atomic E-state index is 0.0747. The standard InChI is InChI=1S/C10H13F3N4/c11-10(12,13)7-1-4-17(16-7)6-9(2-3-9)5-8(14)15/h1,4H,2-3,5-6H2,(H3,14,15). The van der Waals surface area contributed by atoms with Gasteiger partial charge in [0.1, 0.15) is 0 Å². The zero-order valence-corrected chi connectivity index (χ0v) is 9.09. The van der Waals surface area contributed by atoms with Crippen LogP contribution in [0.5, 0.6) is 0 Å². The molecule has 7 heteroatoms. The highest BCUT2D eigenvalue weighted by molar-refractivity contribution is 5.78. The molecule has 1 aliphatic carbocycles. The molecular weight excluding hydrogens is 233 g/mol. The van der Waals surface area contributed by atoms with Gasteiger partial charge in [0.05, 0.1) is 5.84 Å². The summed E-state index contributed by atoms with van der Waals surface area (Å²) in [6.45, 7) is 0.392. The van der Waals surface area contributed by atoms with Crippen molar-refractivity contribution in [3.63, 3.8) is 0 Å². The number of hydrogen-bond donors (Lipinski definition) is 2. The second-order valence-electron chi connectivity index (χ2n) is 4.60. The van der Waals surface area contributed by atoms with Crippen molar-refractivity contribution < 1.29 is 13.2 Å². The molecule has 1 saturated carbocycles. The van der Waals surface area contributed by atoms with Gasteiger partial charge in [-0.1, -0.05) is 0 Å². The van der Waals surface area contributed by atoms with Gasteiger partial charge < -0.3 is 5.73 Å². The zero-order chi connectivity index (χ0) is 12.7. The van der Waals surface area contributed by atoms with Crippen molar-refractivity contribution in [2.24, 2.45) is 11.1 Å². The minimum atomic E-state index is -4.40. The maximum absolute atomic E-state index is 12.3. The molecule has 1 aromatic heterocycles. The van der Waals surface area contributed by atoms with E-state index in [1.807, 2.05) is 0 Å². The fraction of sp³-hybridized carbons (Fsp3) is 0.600. The molecule has 1 aliphatic rings. The fourth-order valence-corrected chi connectivity index (χ4v) is 1.92. The van der Waals surface area contributed by atoms with Gasteiger partial charge in [-0.25, -0.2) is 0 Å². The van der Waals surface area contributed by atoms with Gasteiger partial charge in [-0.05, 0) is 24.3 Å². The summed E-state index contributed by atoms with van der Waals surface area (Å²) >= 11 is 0. The molecule has 0 amide bonds. The Morgan fingerprint density at radius 3 is 2.59 bits per heavy atom. The molecule has 4 nitrogen and oxygen atoms in total. The lowest BCUT2D eigenvalue weighted by Crippen LogP contribution is -2.21. The summed E-state index contributed by atoms with van der Waals surface area (Å²) in [5, 5.41) is 10.7. The first-order valence-electron chi connectivity index (χ1n) is 5.24. The molecule has 94 valence electrons. The van der Waals surface area contributed by atoms with Crippen molar-refractivity contribution in [1.29, 1.82) is 5.41 Å². The number of aromatic nitrogens is 2. The monoisotopic (exact) mass is 246 g/mol. The minimum Gasteiger partial charge on any atom is -0.388 e. The maximum Gasteiger partial charge on any atom is 0.435 e. The molecule has 2 rings (SSSR count). The van der Waals surface area contributed by atoms with E-state index in [-0.39, 0.29) is 11.3 Å². The average molecular weight is 246 g/mol. The third-order valence-corrected chi connectivity index (χ3v) is 2.95. The van der Waals surface area contributed by atoms with Crippen LogP contribution in [0.2, 0.25) is 0 Å². The van der Waals surface area contributed by atoms with Crippen molar-refractivity contribution >= 4 is 5.84 Å². The Morgan fingerprint density at radius 2 is 2.18 bits per heavy atom. The second kappa shape index (κ2) is 3.75. The molecule has 17 heavy (non-hydrogen) atoms. The number of nitrogens with two attached hydrogens (primary N) is 1. The van der Waals surface area contributed by atoms with Crippen LogP contribution in [0.4, 0.5) is 13.2 Å². The van der Waals surface area contributed by atoms with Gasteiger partial charge in [0.2, 0.25) is 0 Å². The Kier molecular flexibility index (Phi) is 2.63. The highest BCUT2D eigenvalue weighted by atomic mass is 19.4. The van der Waals surface area contributed by atoms with Crippen LogP contribution < -0.4 is 5.73 Å². The summed E-state index contributed by atoms with van der Waals surface area (Å²) in [4.78, 5) is 0. The third-order valence-electron chi connectivity index (χ3n) is 2.95. The molecule has 0 saturated heterocycles.